The minimum atomic E-state index is -5.26. The summed E-state index contributed by atoms with van der Waals surface area (Å²) in [5.41, 5.74) is 3.24. The molecule has 258 valence electrons. The van der Waals surface area contributed by atoms with Gasteiger partial charge in [0.05, 0.1) is 30.5 Å². The largest absolute Gasteiger partial charge is 0.504 e. The van der Waals surface area contributed by atoms with Crippen molar-refractivity contribution in [1.29, 1.82) is 0 Å². The van der Waals surface area contributed by atoms with E-state index in [1.54, 1.807) is 24.1 Å². The van der Waals surface area contributed by atoms with Gasteiger partial charge < -0.3 is 44.5 Å². The molecule has 4 N–H and O–H groups in total. The van der Waals surface area contributed by atoms with Gasteiger partial charge in [0.15, 0.2) is 23.0 Å². The first kappa shape index (κ1) is 32.6. The Kier molecular flexibility index (Phi) is 7.88. The van der Waals surface area contributed by atoms with Gasteiger partial charge in [0.25, 0.3) is 0 Å². The molecule has 13 nitrogen and oxygen atoms in total. The van der Waals surface area contributed by atoms with E-state index in [1.165, 1.54) is 14.0 Å². The summed E-state index contributed by atoms with van der Waals surface area (Å²) in [6.07, 6.45) is -6.13. The molecule has 2 saturated heterocycles. The number of piperazine rings is 1. The fourth-order valence-corrected chi connectivity index (χ4v) is 9.24. The number of nitrogens with zero attached hydrogens (tertiary/aromatic N) is 1. The van der Waals surface area contributed by atoms with Crippen molar-refractivity contribution in [1.82, 2.24) is 15.5 Å². The van der Waals surface area contributed by atoms with Crippen LogP contribution in [-0.2, 0) is 25.5 Å². The fraction of sp³-hybridized carbons (Fsp3) is 0.516. The fourth-order valence-electron chi connectivity index (χ4n) is 7.73. The number of thioether (sulfide) groups is 1. The predicted octanol–water partition coefficient (Wildman–Crippen LogP) is 2.36. The Hall–Kier alpha value is -3.93. The lowest BCUT2D eigenvalue weighted by atomic mass is 9.74. The highest BCUT2D eigenvalue weighted by Crippen LogP contribution is 2.62. The number of rotatable bonds is 3. The molecule has 0 radical (unpaired) electrons. The normalized spacial score (nSPS) is 28.8. The van der Waals surface area contributed by atoms with E-state index < -0.39 is 78.1 Å². The molecule has 4 bridgehead atoms. The second kappa shape index (κ2) is 11.6. The predicted molar refractivity (Wildman–Crippen MR) is 160 cm³/mol. The monoisotopic (exact) mass is 695 g/mol. The zero-order valence-corrected chi connectivity index (χ0v) is 26.9. The molecule has 7 atom stereocenters. The van der Waals surface area contributed by atoms with Crippen molar-refractivity contribution >= 4 is 29.6 Å². The van der Waals surface area contributed by atoms with Gasteiger partial charge in [-0.1, -0.05) is 6.07 Å². The van der Waals surface area contributed by atoms with E-state index in [1.807, 2.05) is 6.07 Å². The number of halogens is 3. The molecule has 0 aromatic heterocycles. The Morgan fingerprint density at radius 3 is 2.54 bits per heavy atom. The molecule has 17 heteroatoms. The van der Waals surface area contributed by atoms with E-state index in [-0.39, 0.29) is 24.0 Å². The molecule has 5 aliphatic rings. The molecular weight excluding hydrogens is 663 g/mol. The highest BCUT2D eigenvalue weighted by atomic mass is 32.2. The summed E-state index contributed by atoms with van der Waals surface area (Å²) in [4.78, 5) is 39.5. The Labute approximate surface area is 276 Å². The van der Waals surface area contributed by atoms with Gasteiger partial charge >= 0.3 is 24.0 Å². The molecule has 1 amide bonds. The average Bonchev–Trinajstić information content (AvgIpc) is 3.51. The number of amides is 1. The Morgan fingerprint density at radius 2 is 1.85 bits per heavy atom. The summed E-state index contributed by atoms with van der Waals surface area (Å²) in [7, 11) is 1.43. The van der Waals surface area contributed by atoms with Gasteiger partial charge in [-0.25, -0.2) is 4.79 Å². The zero-order chi connectivity index (χ0) is 34.4. The molecule has 0 spiro atoms. The second-order valence-electron chi connectivity index (χ2n) is 12.3. The lowest BCUT2D eigenvalue weighted by Gasteiger charge is -2.59. The quantitative estimate of drug-likeness (QED) is 0.274. The van der Waals surface area contributed by atoms with E-state index in [2.05, 4.69) is 5.32 Å². The van der Waals surface area contributed by atoms with Crippen LogP contribution in [0.5, 0.6) is 28.7 Å². The molecule has 2 aromatic carbocycles. The van der Waals surface area contributed by atoms with Crippen LogP contribution in [0.1, 0.15) is 57.6 Å². The molecule has 48 heavy (non-hydrogen) atoms. The third-order valence-electron chi connectivity index (χ3n) is 9.54. The number of aryl methyl sites for hydroxylation is 1. The molecule has 2 aromatic rings. The van der Waals surface area contributed by atoms with Crippen LogP contribution in [0.4, 0.5) is 13.2 Å². The van der Waals surface area contributed by atoms with Crippen LogP contribution in [0.25, 0.3) is 0 Å². The standard InChI is InChI=1S/C31H32F3N3O10S/c1-10-5-13-6-14-28(40)37-16-7-44-29(41)15(36-30(42)31(32,33)34)8-48-27(21(37)20(35-14)17(13)22(39)23(10)43-4)19-18(16)26-25(45-9-46-26)11(2)24(19)47-12(3)38/h5,14-16,20-21,27-28,35,39-40H,6-9H2,1-4H3,(H,36,42)/t14?,15?,16-,20?,21+,27+,28-/m0/s1. The van der Waals surface area contributed by atoms with Crippen LogP contribution in [0.2, 0.25) is 0 Å². The van der Waals surface area contributed by atoms with Gasteiger partial charge in [0, 0.05) is 41.0 Å². The highest BCUT2D eigenvalue weighted by molar-refractivity contribution is 7.99. The molecule has 0 aliphatic carbocycles. The van der Waals surface area contributed by atoms with Crippen molar-refractivity contribution in [3.8, 4) is 28.7 Å². The van der Waals surface area contributed by atoms with Crippen LogP contribution in [0.15, 0.2) is 6.07 Å². The second-order valence-corrected chi connectivity index (χ2v) is 13.5. The minimum absolute atomic E-state index is 0.109. The van der Waals surface area contributed by atoms with Gasteiger partial charge in [-0.15, -0.1) is 11.8 Å². The topological polar surface area (TPSA) is 165 Å². The van der Waals surface area contributed by atoms with Crippen LogP contribution in [0, 0.1) is 13.8 Å². The zero-order valence-electron chi connectivity index (χ0n) is 26.1. The number of cyclic esters (lactones) is 1. The van der Waals surface area contributed by atoms with Crippen molar-refractivity contribution in [3.63, 3.8) is 0 Å². The maximum Gasteiger partial charge on any atom is 0.471 e. The molecule has 5 heterocycles. The van der Waals surface area contributed by atoms with E-state index in [9.17, 15) is 37.8 Å². The third kappa shape index (κ3) is 4.92. The van der Waals surface area contributed by atoms with Crippen LogP contribution in [-0.4, -0.2) is 89.8 Å². The van der Waals surface area contributed by atoms with Gasteiger partial charge in [-0.3, -0.25) is 14.5 Å². The van der Waals surface area contributed by atoms with E-state index in [0.717, 1.165) is 17.3 Å². The number of aliphatic hydroxyl groups is 1. The number of esters is 2. The first-order valence-corrected chi connectivity index (χ1v) is 16.2. The number of benzene rings is 2. The lowest BCUT2D eigenvalue weighted by Crippen LogP contribution is -2.69. The number of carbonyl (C=O) groups is 3. The van der Waals surface area contributed by atoms with Crippen molar-refractivity contribution in [2.24, 2.45) is 0 Å². The highest BCUT2D eigenvalue weighted by Gasteiger charge is 2.58. The van der Waals surface area contributed by atoms with E-state index in [4.69, 9.17) is 23.7 Å². The number of nitrogens with one attached hydrogen (secondary N) is 2. The van der Waals surface area contributed by atoms with Crippen molar-refractivity contribution in [2.75, 3.05) is 26.3 Å². The van der Waals surface area contributed by atoms with Crippen LogP contribution < -0.4 is 29.6 Å². The third-order valence-corrected chi connectivity index (χ3v) is 10.9. The number of carbonyl (C=O) groups excluding carboxylic acids is 3. The van der Waals surface area contributed by atoms with E-state index in [0.29, 0.717) is 45.7 Å². The average molecular weight is 696 g/mol. The Morgan fingerprint density at radius 1 is 1.12 bits per heavy atom. The molecule has 7 rings (SSSR count). The Balaban J connectivity index is 1.47. The maximum atomic E-state index is 13.3. The summed E-state index contributed by atoms with van der Waals surface area (Å²) >= 11 is 1.01. The first-order chi connectivity index (χ1) is 22.7. The van der Waals surface area contributed by atoms with Crippen LogP contribution >= 0.6 is 11.8 Å². The maximum absolute atomic E-state index is 13.3. The smallest absolute Gasteiger partial charge is 0.471 e. The van der Waals surface area contributed by atoms with Gasteiger partial charge in [-0.05, 0) is 31.4 Å². The number of hydrogen-bond donors (Lipinski definition) is 4. The summed E-state index contributed by atoms with van der Waals surface area (Å²) in [5, 5.41) is 28.0. The number of aliphatic hydroxyl groups excluding tert-OH is 1. The number of aromatic hydroxyl groups is 1. The number of ether oxygens (including phenoxy) is 5. The van der Waals surface area contributed by atoms with Crippen LogP contribution in [0.3, 0.4) is 0 Å². The number of hydrogen-bond acceptors (Lipinski definition) is 13. The molecule has 2 fully saturated rings. The number of alkyl halides is 3. The van der Waals surface area contributed by atoms with Gasteiger partial charge in [-0.2, -0.15) is 13.2 Å². The summed E-state index contributed by atoms with van der Waals surface area (Å²) < 4.78 is 68.6. The number of fused-ring (bicyclic) bond motifs is 9. The Bertz CT molecular complexity index is 1740. The van der Waals surface area contributed by atoms with Gasteiger partial charge in [0.1, 0.15) is 24.6 Å². The molecule has 5 aliphatic heterocycles. The minimum Gasteiger partial charge on any atom is -0.504 e. The van der Waals surface area contributed by atoms with Crippen molar-refractivity contribution < 1.29 is 61.5 Å². The summed E-state index contributed by atoms with van der Waals surface area (Å²) in [5.74, 6) is -3.58. The van der Waals surface area contributed by atoms with Crippen molar-refractivity contribution in [3.05, 3.63) is 39.4 Å². The lowest BCUT2D eigenvalue weighted by molar-refractivity contribution is -0.176. The van der Waals surface area contributed by atoms with Gasteiger partial charge in [0.2, 0.25) is 6.79 Å². The number of phenolic OH excluding ortho intramolecular Hbond substituents is 1. The molecule has 0 saturated carbocycles. The van der Waals surface area contributed by atoms with E-state index >= 15 is 0 Å². The number of methoxy groups -OCH3 is 1. The molecule has 3 unspecified atom stereocenters. The SMILES string of the molecule is COc1c(C)cc2c(c1O)C1NC(C2)[C@H](O)N2[C@H]1[C@@H]1SCC(NC(=O)C(F)(F)F)C(=O)OC[C@H]2c2c3c(c(C)c(OC(C)=O)c21)OCO3. The summed E-state index contributed by atoms with van der Waals surface area (Å²) in [6.45, 7) is 4.04. The van der Waals surface area contributed by atoms with Crippen molar-refractivity contribution in [2.45, 2.75) is 75.1 Å². The number of phenols is 1. The molecular formula is C31H32F3N3O10S. The first-order valence-electron chi connectivity index (χ1n) is 15.1. The summed E-state index contributed by atoms with van der Waals surface area (Å²) in [6, 6.07) is -2.86.